The SMILES string of the molecule is CCc1cc(C(=O)NCC2CCC(C(=O)O)CC2)sc1C. The molecule has 1 aromatic heterocycles. The van der Waals surface area contributed by atoms with Gasteiger partial charge in [-0.15, -0.1) is 11.3 Å². The summed E-state index contributed by atoms with van der Waals surface area (Å²) in [6.45, 7) is 4.80. The van der Waals surface area contributed by atoms with Crippen LogP contribution < -0.4 is 5.32 Å². The van der Waals surface area contributed by atoms with Gasteiger partial charge in [0, 0.05) is 11.4 Å². The van der Waals surface area contributed by atoms with Crippen molar-refractivity contribution in [2.45, 2.75) is 46.0 Å². The van der Waals surface area contributed by atoms with Crippen LogP contribution >= 0.6 is 11.3 Å². The molecule has 0 unspecified atom stereocenters. The van der Waals surface area contributed by atoms with E-state index in [9.17, 15) is 9.59 Å². The second-order valence-electron chi connectivity index (χ2n) is 5.81. The largest absolute Gasteiger partial charge is 0.481 e. The smallest absolute Gasteiger partial charge is 0.306 e. The fourth-order valence-corrected chi connectivity index (χ4v) is 3.95. The molecule has 1 aliphatic rings. The Bertz CT molecular complexity index is 516. The summed E-state index contributed by atoms with van der Waals surface area (Å²) in [5.74, 6) is -0.456. The van der Waals surface area contributed by atoms with Gasteiger partial charge in [0.05, 0.1) is 10.8 Å². The average molecular weight is 309 g/mol. The second kappa shape index (κ2) is 7.07. The van der Waals surface area contributed by atoms with E-state index in [1.807, 2.05) is 13.0 Å². The van der Waals surface area contributed by atoms with Gasteiger partial charge in [0.2, 0.25) is 0 Å². The first-order valence-corrected chi connectivity index (χ1v) is 8.43. The van der Waals surface area contributed by atoms with Crippen LogP contribution in [0.3, 0.4) is 0 Å². The molecule has 2 rings (SSSR count). The van der Waals surface area contributed by atoms with Gasteiger partial charge in [-0.05, 0) is 56.6 Å². The van der Waals surface area contributed by atoms with E-state index in [-0.39, 0.29) is 11.8 Å². The molecule has 1 saturated carbocycles. The van der Waals surface area contributed by atoms with E-state index in [2.05, 4.69) is 12.2 Å². The van der Waals surface area contributed by atoms with Crippen LogP contribution in [0.4, 0.5) is 0 Å². The number of aliphatic carboxylic acids is 1. The highest BCUT2D eigenvalue weighted by Gasteiger charge is 2.26. The summed E-state index contributed by atoms with van der Waals surface area (Å²) >= 11 is 1.55. The number of rotatable bonds is 5. The topological polar surface area (TPSA) is 66.4 Å². The Morgan fingerprint density at radius 3 is 2.52 bits per heavy atom. The minimum Gasteiger partial charge on any atom is -0.481 e. The zero-order valence-electron chi connectivity index (χ0n) is 12.6. The normalized spacial score (nSPS) is 22.0. The summed E-state index contributed by atoms with van der Waals surface area (Å²) in [7, 11) is 0. The van der Waals surface area contributed by atoms with Crippen molar-refractivity contribution in [3.63, 3.8) is 0 Å². The predicted molar refractivity (Wildman–Crippen MR) is 83.9 cm³/mol. The molecule has 0 atom stereocenters. The van der Waals surface area contributed by atoms with Crippen molar-refractivity contribution < 1.29 is 14.7 Å². The highest BCUT2D eigenvalue weighted by Crippen LogP contribution is 2.28. The number of carboxylic acids is 1. The molecule has 5 heteroatoms. The van der Waals surface area contributed by atoms with Crippen LogP contribution in [0, 0.1) is 18.8 Å². The summed E-state index contributed by atoms with van der Waals surface area (Å²) in [5.41, 5.74) is 1.24. The number of carbonyl (C=O) groups is 2. The van der Waals surface area contributed by atoms with Gasteiger partial charge in [-0.2, -0.15) is 0 Å². The van der Waals surface area contributed by atoms with Crippen LogP contribution in [0.25, 0.3) is 0 Å². The zero-order valence-corrected chi connectivity index (χ0v) is 13.5. The van der Waals surface area contributed by atoms with Crippen molar-refractivity contribution in [3.05, 3.63) is 21.4 Å². The van der Waals surface area contributed by atoms with Crippen LogP contribution in [0.2, 0.25) is 0 Å². The van der Waals surface area contributed by atoms with Crippen LogP contribution in [0.15, 0.2) is 6.07 Å². The van der Waals surface area contributed by atoms with Crippen molar-refractivity contribution in [2.24, 2.45) is 11.8 Å². The van der Waals surface area contributed by atoms with E-state index >= 15 is 0 Å². The summed E-state index contributed by atoms with van der Waals surface area (Å²) in [6.07, 6.45) is 4.19. The van der Waals surface area contributed by atoms with Crippen molar-refractivity contribution in [1.29, 1.82) is 0 Å². The third kappa shape index (κ3) is 4.06. The minimum atomic E-state index is -0.682. The van der Waals surface area contributed by atoms with Gasteiger partial charge in [0.25, 0.3) is 5.91 Å². The number of carboxylic acid groups (broad SMARTS) is 1. The molecule has 1 amide bonds. The van der Waals surface area contributed by atoms with Crippen molar-refractivity contribution in [1.82, 2.24) is 5.32 Å². The number of hydrogen-bond donors (Lipinski definition) is 2. The fraction of sp³-hybridized carbons (Fsp3) is 0.625. The van der Waals surface area contributed by atoms with Crippen molar-refractivity contribution in [2.75, 3.05) is 6.54 Å². The Kier molecular flexibility index (Phi) is 5.39. The molecule has 1 aliphatic carbocycles. The number of nitrogens with one attached hydrogen (secondary N) is 1. The summed E-state index contributed by atoms with van der Waals surface area (Å²) < 4.78 is 0. The highest BCUT2D eigenvalue weighted by molar-refractivity contribution is 7.14. The standard InChI is InChI=1S/C16H23NO3S/c1-3-12-8-14(21-10(12)2)15(18)17-9-11-4-6-13(7-5-11)16(19)20/h8,11,13H,3-7,9H2,1-2H3,(H,17,18)(H,19,20). The molecule has 1 fully saturated rings. The van der Waals surface area contributed by atoms with Gasteiger partial charge in [0.1, 0.15) is 0 Å². The third-order valence-electron chi connectivity index (χ3n) is 4.37. The number of thiophene rings is 1. The van der Waals surface area contributed by atoms with E-state index in [1.165, 1.54) is 10.4 Å². The number of hydrogen-bond acceptors (Lipinski definition) is 3. The van der Waals surface area contributed by atoms with E-state index in [4.69, 9.17) is 5.11 Å². The third-order valence-corrected chi connectivity index (χ3v) is 5.46. The summed E-state index contributed by atoms with van der Waals surface area (Å²) in [4.78, 5) is 25.0. The molecule has 0 aromatic carbocycles. The lowest BCUT2D eigenvalue weighted by molar-refractivity contribution is -0.143. The van der Waals surface area contributed by atoms with Gasteiger partial charge in [-0.3, -0.25) is 9.59 Å². The summed E-state index contributed by atoms with van der Waals surface area (Å²) in [6, 6.07) is 1.98. The quantitative estimate of drug-likeness (QED) is 0.877. The average Bonchev–Trinajstić information content (AvgIpc) is 2.86. The van der Waals surface area contributed by atoms with E-state index in [0.717, 1.165) is 37.0 Å². The molecule has 2 N–H and O–H groups in total. The number of carbonyl (C=O) groups excluding carboxylic acids is 1. The lowest BCUT2D eigenvalue weighted by atomic mass is 9.82. The van der Waals surface area contributed by atoms with Crippen molar-refractivity contribution >= 4 is 23.2 Å². The maximum atomic E-state index is 12.1. The maximum absolute atomic E-state index is 12.1. The Balaban J connectivity index is 1.80. The minimum absolute atomic E-state index is 0.00292. The number of aryl methyl sites for hydroxylation is 2. The molecule has 0 radical (unpaired) electrons. The molecular formula is C16H23NO3S. The fourth-order valence-electron chi connectivity index (χ4n) is 2.92. The monoisotopic (exact) mass is 309 g/mol. The maximum Gasteiger partial charge on any atom is 0.306 e. The Hall–Kier alpha value is -1.36. The Morgan fingerprint density at radius 1 is 1.33 bits per heavy atom. The van der Waals surface area contributed by atoms with E-state index in [1.54, 1.807) is 11.3 Å². The first-order chi connectivity index (χ1) is 10.0. The highest BCUT2D eigenvalue weighted by atomic mass is 32.1. The molecule has 1 aromatic rings. The van der Waals surface area contributed by atoms with Crippen LogP contribution in [0.1, 0.15) is 52.7 Å². The van der Waals surface area contributed by atoms with Gasteiger partial charge < -0.3 is 10.4 Å². The van der Waals surface area contributed by atoms with Crippen LogP contribution in [0.5, 0.6) is 0 Å². The first kappa shape index (κ1) is 16.0. The molecule has 0 bridgehead atoms. The van der Waals surface area contributed by atoms with Crippen LogP contribution in [-0.4, -0.2) is 23.5 Å². The Morgan fingerprint density at radius 2 is 2.00 bits per heavy atom. The second-order valence-corrected chi connectivity index (χ2v) is 7.07. The lowest BCUT2D eigenvalue weighted by Gasteiger charge is -2.26. The van der Waals surface area contributed by atoms with Gasteiger partial charge >= 0.3 is 5.97 Å². The molecule has 0 saturated heterocycles. The molecule has 21 heavy (non-hydrogen) atoms. The lowest BCUT2D eigenvalue weighted by Crippen LogP contribution is -2.32. The molecule has 1 heterocycles. The first-order valence-electron chi connectivity index (χ1n) is 7.61. The van der Waals surface area contributed by atoms with Crippen LogP contribution in [-0.2, 0) is 11.2 Å². The molecular weight excluding hydrogens is 286 g/mol. The van der Waals surface area contributed by atoms with Gasteiger partial charge in [-0.25, -0.2) is 0 Å². The van der Waals surface area contributed by atoms with Gasteiger partial charge in [-0.1, -0.05) is 6.92 Å². The molecule has 0 aliphatic heterocycles. The Labute approximate surface area is 129 Å². The van der Waals surface area contributed by atoms with Gasteiger partial charge in [0.15, 0.2) is 0 Å². The van der Waals surface area contributed by atoms with E-state index < -0.39 is 5.97 Å². The zero-order chi connectivity index (χ0) is 15.4. The summed E-state index contributed by atoms with van der Waals surface area (Å²) in [5, 5.41) is 12.0. The van der Waals surface area contributed by atoms with E-state index in [0.29, 0.717) is 12.5 Å². The molecule has 0 spiro atoms. The molecule has 116 valence electrons. The number of amides is 1. The molecule has 4 nitrogen and oxygen atoms in total. The predicted octanol–water partition coefficient (Wildman–Crippen LogP) is 3.24. The van der Waals surface area contributed by atoms with Crippen molar-refractivity contribution in [3.8, 4) is 0 Å².